The lowest BCUT2D eigenvalue weighted by Gasteiger charge is -2.23. The Morgan fingerprint density at radius 1 is 1.26 bits per heavy atom. The summed E-state index contributed by atoms with van der Waals surface area (Å²) >= 11 is 0. The summed E-state index contributed by atoms with van der Waals surface area (Å²) < 4.78 is 16.3. The normalized spacial score (nSPS) is 18.3. The number of rotatable bonds is 10. The molecule has 1 aromatic rings. The van der Waals surface area contributed by atoms with Crippen molar-refractivity contribution in [1.29, 1.82) is 0 Å². The Labute approximate surface area is 180 Å². The fourth-order valence-electron chi connectivity index (χ4n) is 3.13. The lowest BCUT2D eigenvalue weighted by atomic mass is 10.1. The van der Waals surface area contributed by atoms with Crippen molar-refractivity contribution in [2.75, 3.05) is 60.2 Å². The summed E-state index contributed by atoms with van der Waals surface area (Å²) in [6.45, 7) is 7.63. The molecule has 0 radical (unpaired) electrons. The van der Waals surface area contributed by atoms with E-state index >= 15 is 0 Å². The zero-order valence-electron chi connectivity index (χ0n) is 16.7. The second-order valence-electron chi connectivity index (χ2n) is 6.50. The van der Waals surface area contributed by atoms with Crippen LogP contribution >= 0.6 is 24.0 Å². The van der Waals surface area contributed by atoms with E-state index in [0.29, 0.717) is 25.7 Å². The fourth-order valence-corrected chi connectivity index (χ4v) is 3.13. The fraction of sp³-hybridized carbons (Fsp3) is 0.650. The number of nitrogens with zero attached hydrogens (tertiary/aromatic N) is 2. The van der Waals surface area contributed by atoms with Crippen molar-refractivity contribution < 1.29 is 14.2 Å². The summed E-state index contributed by atoms with van der Waals surface area (Å²) in [6, 6.07) is 10.2. The van der Waals surface area contributed by atoms with Gasteiger partial charge in [0.15, 0.2) is 5.96 Å². The number of likely N-dealkylation sites (tertiary alicyclic amines) is 1. The number of guanidine groups is 1. The van der Waals surface area contributed by atoms with Gasteiger partial charge >= 0.3 is 0 Å². The van der Waals surface area contributed by atoms with Gasteiger partial charge in [-0.05, 0) is 18.9 Å². The van der Waals surface area contributed by atoms with Crippen LogP contribution in [-0.4, -0.2) is 71.1 Å². The van der Waals surface area contributed by atoms with Gasteiger partial charge in [0, 0.05) is 39.8 Å². The van der Waals surface area contributed by atoms with Crippen LogP contribution < -0.4 is 5.32 Å². The molecule has 7 heteroatoms. The van der Waals surface area contributed by atoms with Gasteiger partial charge < -0.3 is 24.4 Å². The number of methoxy groups -OCH3 is 2. The summed E-state index contributed by atoms with van der Waals surface area (Å²) in [4.78, 5) is 7.16. The second-order valence-corrected chi connectivity index (χ2v) is 6.50. The van der Waals surface area contributed by atoms with Crippen molar-refractivity contribution in [2.24, 2.45) is 10.9 Å². The summed E-state index contributed by atoms with van der Waals surface area (Å²) in [5, 5.41) is 3.41. The van der Waals surface area contributed by atoms with Gasteiger partial charge in [0.25, 0.3) is 0 Å². The molecule has 1 aliphatic rings. The molecule has 1 fully saturated rings. The van der Waals surface area contributed by atoms with Crippen LogP contribution in [-0.2, 0) is 14.2 Å². The Balaban J connectivity index is 0.00000364. The van der Waals surface area contributed by atoms with Crippen LogP contribution in [0, 0.1) is 5.92 Å². The number of ether oxygens (including phenoxy) is 3. The van der Waals surface area contributed by atoms with E-state index in [2.05, 4.69) is 29.3 Å². The monoisotopic (exact) mass is 491 g/mol. The number of hydrogen-bond acceptors (Lipinski definition) is 4. The first-order chi connectivity index (χ1) is 12.8. The molecule has 1 N–H and O–H groups in total. The third kappa shape index (κ3) is 8.33. The first-order valence-electron chi connectivity index (χ1n) is 9.46. The molecule has 0 aromatic heterocycles. The number of benzene rings is 1. The van der Waals surface area contributed by atoms with Crippen LogP contribution in [0.25, 0.3) is 0 Å². The zero-order valence-corrected chi connectivity index (χ0v) is 19.1. The lowest BCUT2D eigenvalue weighted by molar-refractivity contribution is 0.0536. The molecular weight excluding hydrogens is 457 g/mol. The number of nitrogens with one attached hydrogen (secondary N) is 1. The van der Waals surface area contributed by atoms with Gasteiger partial charge in [0.05, 0.1) is 26.4 Å². The Morgan fingerprint density at radius 2 is 2.04 bits per heavy atom. The van der Waals surface area contributed by atoms with Crippen LogP contribution in [0.15, 0.2) is 35.3 Å². The van der Waals surface area contributed by atoms with E-state index in [1.165, 1.54) is 0 Å². The summed E-state index contributed by atoms with van der Waals surface area (Å²) in [6.07, 6.45) is 1.10. The van der Waals surface area contributed by atoms with Crippen molar-refractivity contribution in [2.45, 2.75) is 19.4 Å². The number of aliphatic imine (C=N–C) groups is 1. The Kier molecular flexibility index (Phi) is 12.6. The average Bonchev–Trinajstić information content (AvgIpc) is 3.14. The average molecular weight is 491 g/mol. The van der Waals surface area contributed by atoms with Crippen LogP contribution in [0.5, 0.6) is 0 Å². The Morgan fingerprint density at radius 3 is 2.70 bits per heavy atom. The molecule has 0 spiro atoms. The molecule has 2 rings (SSSR count). The van der Waals surface area contributed by atoms with Gasteiger partial charge in [-0.25, -0.2) is 0 Å². The third-order valence-corrected chi connectivity index (χ3v) is 4.57. The molecule has 0 bridgehead atoms. The third-order valence-electron chi connectivity index (χ3n) is 4.57. The van der Waals surface area contributed by atoms with E-state index in [9.17, 15) is 0 Å². The summed E-state index contributed by atoms with van der Waals surface area (Å²) in [7, 11) is 3.44. The van der Waals surface area contributed by atoms with Gasteiger partial charge in [0.2, 0.25) is 0 Å². The van der Waals surface area contributed by atoms with Crippen molar-refractivity contribution in [3.05, 3.63) is 35.9 Å². The Bertz CT molecular complexity index is 530. The van der Waals surface area contributed by atoms with E-state index < -0.39 is 0 Å². The van der Waals surface area contributed by atoms with Crippen LogP contribution in [0.4, 0.5) is 0 Å². The van der Waals surface area contributed by atoms with E-state index in [1.807, 2.05) is 18.2 Å². The highest BCUT2D eigenvalue weighted by Crippen LogP contribution is 2.19. The summed E-state index contributed by atoms with van der Waals surface area (Å²) in [5.74, 6) is 1.51. The SMILES string of the molecule is CCNC(=NCC(OC)c1ccccc1)N1CCC(COCCOC)C1.I. The largest absolute Gasteiger partial charge is 0.382 e. The topological polar surface area (TPSA) is 55.3 Å². The molecule has 1 aliphatic heterocycles. The molecule has 0 aliphatic carbocycles. The molecule has 2 atom stereocenters. The maximum Gasteiger partial charge on any atom is 0.194 e. The zero-order chi connectivity index (χ0) is 18.6. The molecule has 1 aromatic carbocycles. The van der Waals surface area contributed by atoms with Crippen LogP contribution in [0.2, 0.25) is 0 Å². The standard InChI is InChI=1S/C20H33N3O3.HI/c1-4-21-20(22-14-19(25-3)18-8-6-5-7-9-18)23-11-10-17(15-23)16-26-13-12-24-2;/h5-9,17,19H,4,10-16H2,1-3H3,(H,21,22);1H. The maximum absolute atomic E-state index is 5.69. The number of hydrogen-bond donors (Lipinski definition) is 1. The molecule has 0 amide bonds. The van der Waals surface area contributed by atoms with E-state index in [4.69, 9.17) is 19.2 Å². The Hall–Kier alpha value is -0.900. The predicted molar refractivity (Wildman–Crippen MR) is 120 cm³/mol. The van der Waals surface area contributed by atoms with Gasteiger partial charge in [-0.1, -0.05) is 30.3 Å². The minimum Gasteiger partial charge on any atom is -0.382 e. The number of halogens is 1. The molecular formula is C20H34IN3O3. The van der Waals surface area contributed by atoms with Crippen LogP contribution in [0.1, 0.15) is 25.0 Å². The smallest absolute Gasteiger partial charge is 0.194 e. The van der Waals surface area contributed by atoms with E-state index in [1.54, 1.807) is 14.2 Å². The maximum atomic E-state index is 5.69. The molecule has 0 saturated carbocycles. The summed E-state index contributed by atoms with van der Waals surface area (Å²) in [5.41, 5.74) is 1.15. The van der Waals surface area contributed by atoms with Gasteiger partial charge in [0.1, 0.15) is 6.10 Å². The molecule has 6 nitrogen and oxygen atoms in total. The molecule has 1 heterocycles. The molecule has 154 valence electrons. The highest BCUT2D eigenvalue weighted by atomic mass is 127. The van der Waals surface area contributed by atoms with E-state index in [0.717, 1.165) is 44.2 Å². The molecule has 2 unspecified atom stereocenters. The first-order valence-corrected chi connectivity index (χ1v) is 9.46. The van der Waals surface area contributed by atoms with Crippen molar-refractivity contribution in [3.63, 3.8) is 0 Å². The quantitative estimate of drug-likeness (QED) is 0.236. The van der Waals surface area contributed by atoms with Gasteiger partial charge in [-0.15, -0.1) is 24.0 Å². The molecule has 1 saturated heterocycles. The highest BCUT2D eigenvalue weighted by molar-refractivity contribution is 14.0. The lowest BCUT2D eigenvalue weighted by Crippen LogP contribution is -2.40. The van der Waals surface area contributed by atoms with Crippen LogP contribution in [0.3, 0.4) is 0 Å². The minimum atomic E-state index is -0.0272. The minimum absolute atomic E-state index is 0. The highest BCUT2D eigenvalue weighted by Gasteiger charge is 2.25. The first kappa shape index (κ1) is 24.1. The van der Waals surface area contributed by atoms with E-state index in [-0.39, 0.29) is 30.1 Å². The molecule has 27 heavy (non-hydrogen) atoms. The van der Waals surface area contributed by atoms with Gasteiger partial charge in [-0.2, -0.15) is 0 Å². The van der Waals surface area contributed by atoms with Crippen molar-refractivity contribution in [3.8, 4) is 0 Å². The predicted octanol–water partition coefficient (Wildman–Crippen LogP) is 2.94. The van der Waals surface area contributed by atoms with Gasteiger partial charge in [-0.3, -0.25) is 4.99 Å². The van der Waals surface area contributed by atoms with Crippen molar-refractivity contribution in [1.82, 2.24) is 10.2 Å². The van der Waals surface area contributed by atoms with Crippen molar-refractivity contribution >= 4 is 29.9 Å². The second kappa shape index (κ2) is 14.1.